The Morgan fingerprint density at radius 2 is 1.97 bits per heavy atom. The molecule has 2 aromatic carbocycles. The first-order chi connectivity index (χ1) is 14.9. The maximum absolute atomic E-state index is 12.5. The number of carboxylic acid groups (broad SMARTS) is 1. The predicted octanol–water partition coefficient (Wildman–Crippen LogP) is 4.21. The predicted molar refractivity (Wildman–Crippen MR) is 115 cm³/mol. The van der Waals surface area contributed by atoms with Crippen LogP contribution in [0.1, 0.15) is 28.8 Å². The number of ketones is 1. The van der Waals surface area contributed by atoms with Crippen LogP contribution in [0.25, 0.3) is 6.08 Å². The van der Waals surface area contributed by atoms with Crippen LogP contribution in [0.2, 0.25) is 5.02 Å². The molecule has 2 N–H and O–H groups in total. The van der Waals surface area contributed by atoms with Crippen molar-refractivity contribution < 1.29 is 34.0 Å². The summed E-state index contributed by atoms with van der Waals surface area (Å²) in [6.45, 7) is 0.589. The molecule has 0 heterocycles. The Balaban J connectivity index is 1.61. The lowest BCUT2D eigenvalue weighted by atomic mass is 9.82. The first kappa shape index (κ1) is 22.7. The number of ether oxygens (including phenoxy) is 3. The standard InChI is InChI=1S/C23H23ClO7/c1-29-16-6-8-21(31-10-9-30-17-12-15(13-17)23(27)28)14(11-16)5-7-20(25)18-3-2-4-19(24)22(18)26/h2-8,11,15,17,26H,9-10,12-13H2,1H3,(H,27,28)/b7-5+. The lowest BCUT2D eigenvalue weighted by Gasteiger charge is -2.32. The van der Waals surface area contributed by atoms with E-state index in [1.54, 1.807) is 30.3 Å². The smallest absolute Gasteiger partial charge is 0.306 e. The highest BCUT2D eigenvalue weighted by atomic mass is 35.5. The molecule has 1 aliphatic rings. The molecule has 164 valence electrons. The molecule has 0 aliphatic heterocycles. The second-order valence-corrected chi connectivity index (χ2v) is 7.49. The number of hydrogen-bond donors (Lipinski definition) is 2. The molecule has 0 spiro atoms. The number of hydrogen-bond acceptors (Lipinski definition) is 6. The summed E-state index contributed by atoms with van der Waals surface area (Å²) in [5.74, 6) is -0.655. The molecule has 0 bridgehead atoms. The van der Waals surface area contributed by atoms with E-state index < -0.39 is 11.8 Å². The van der Waals surface area contributed by atoms with Gasteiger partial charge in [-0.05, 0) is 55.3 Å². The molecule has 8 heteroatoms. The monoisotopic (exact) mass is 446 g/mol. The number of benzene rings is 2. The number of phenolic OH excluding ortho intramolecular Hbond substituents is 1. The van der Waals surface area contributed by atoms with Crippen molar-refractivity contribution >= 4 is 29.4 Å². The van der Waals surface area contributed by atoms with Gasteiger partial charge >= 0.3 is 5.97 Å². The van der Waals surface area contributed by atoms with E-state index in [2.05, 4.69) is 0 Å². The van der Waals surface area contributed by atoms with Crippen molar-refractivity contribution in [2.24, 2.45) is 5.92 Å². The maximum atomic E-state index is 12.5. The average molecular weight is 447 g/mol. The van der Waals surface area contributed by atoms with Crippen molar-refractivity contribution in [1.29, 1.82) is 0 Å². The highest BCUT2D eigenvalue weighted by Gasteiger charge is 2.34. The zero-order valence-corrected chi connectivity index (χ0v) is 17.7. The van der Waals surface area contributed by atoms with E-state index >= 15 is 0 Å². The van der Waals surface area contributed by atoms with Crippen LogP contribution in [0, 0.1) is 5.92 Å². The van der Waals surface area contributed by atoms with Crippen LogP contribution in [-0.2, 0) is 9.53 Å². The molecule has 7 nitrogen and oxygen atoms in total. The van der Waals surface area contributed by atoms with Gasteiger partial charge in [0.2, 0.25) is 0 Å². The Labute approximate surface area is 184 Å². The fraction of sp³-hybridized carbons (Fsp3) is 0.304. The van der Waals surface area contributed by atoms with Gasteiger partial charge in [-0.2, -0.15) is 0 Å². The third-order valence-electron chi connectivity index (χ3n) is 5.02. The second-order valence-electron chi connectivity index (χ2n) is 7.09. The van der Waals surface area contributed by atoms with E-state index in [4.69, 9.17) is 30.9 Å². The van der Waals surface area contributed by atoms with Crippen LogP contribution in [0.15, 0.2) is 42.5 Å². The van der Waals surface area contributed by atoms with E-state index in [0.29, 0.717) is 36.5 Å². The van der Waals surface area contributed by atoms with Gasteiger partial charge < -0.3 is 24.4 Å². The van der Waals surface area contributed by atoms with Gasteiger partial charge in [-0.25, -0.2) is 0 Å². The zero-order chi connectivity index (χ0) is 22.4. The minimum absolute atomic E-state index is 0.0528. The first-order valence-electron chi connectivity index (χ1n) is 9.74. The quantitative estimate of drug-likeness (QED) is 0.320. The summed E-state index contributed by atoms with van der Waals surface area (Å²) in [6, 6.07) is 9.76. The maximum Gasteiger partial charge on any atom is 0.306 e. The van der Waals surface area contributed by atoms with Gasteiger partial charge in [-0.15, -0.1) is 0 Å². The van der Waals surface area contributed by atoms with E-state index in [0.717, 1.165) is 0 Å². The number of halogens is 1. The van der Waals surface area contributed by atoms with Gasteiger partial charge in [0.15, 0.2) is 5.78 Å². The Morgan fingerprint density at radius 1 is 1.19 bits per heavy atom. The number of aromatic hydroxyl groups is 1. The van der Waals surface area contributed by atoms with Gasteiger partial charge in [0.25, 0.3) is 0 Å². The fourth-order valence-electron chi connectivity index (χ4n) is 3.15. The molecule has 1 saturated carbocycles. The minimum Gasteiger partial charge on any atom is -0.506 e. The van der Waals surface area contributed by atoms with Gasteiger partial charge in [0.1, 0.15) is 23.9 Å². The molecule has 1 fully saturated rings. The largest absolute Gasteiger partial charge is 0.506 e. The number of phenols is 1. The van der Waals surface area contributed by atoms with E-state index in [1.807, 2.05) is 0 Å². The van der Waals surface area contributed by atoms with Crippen molar-refractivity contribution in [3.05, 3.63) is 58.6 Å². The summed E-state index contributed by atoms with van der Waals surface area (Å²) in [5, 5.41) is 19.0. The summed E-state index contributed by atoms with van der Waals surface area (Å²) in [7, 11) is 1.54. The van der Waals surface area contributed by atoms with Gasteiger partial charge in [-0.3, -0.25) is 9.59 Å². The lowest BCUT2D eigenvalue weighted by molar-refractivity contribution is -0.151. The zero-order valence-electron chi connectivity index (χ0n) is 16.9. The van der Waals surface area contributed by atoms with Crippen LogP contribution in [0.4, 0.5) is 0 Å². The molecule has 3 rings (SSSR count). The Bertz CT molecular complexity index is 980. The van der Waals surface area contributed by atoms with Crippen molar-refractivity contribution in [3.8, 4) is 17.2 Å². The Morgan fingerprint density at radius 3 is 2.68 bits per heavy atom. The molecule has 0 aromatic heterocycles. The normalized spacial score (nSPS) is 17.9. The lowest BCUT2D eigenvalue weighted by Crippen LogP contribution is -2.37. The van der Waals surface area contributed by atoms with E-state index in [1.165, 1.54) is 25.3 Å². The number of allylic oxidation sites excluding steroid dienone is 1. The average Bonchev–Trinajstić information content (AvgIpc) is 2.72. The number of carbonyl (C=O) groups is 2. The van der Waals surface area contributed by atoms with Gasteiger partial charge in [0.05, 0.1) is 36.3 Å². The SMILES string of the molecule is COc1ccc(OCCOC2CC(C(=O)O)C2)c(/C=C/C(=O)c2cccc(Cl)c2O)c1. The molecular weight excluding hydrogens is 424 g/mol. The molecule has 31 heavy (non-hydrogen) atoms. The van der Waals surface area contributed by atoms with Crippen molar-refractivity contribution in [2.75, 3.05) is 20.3 Å². The topological polar surface area (TPSA) is 102 Å². The van der Waals surface area contributed by atoms with Crippen LogP contribution < -0.4 is 9.47 Å². The number of aliphatic carboxylic acids is 1. The molecule has 0 unspecified atom stereocenters. The summed E-state index contributed by atoms with van der Waals surface area (Å²) in [5.41, 5.74) is 0.714. The summed E-state index contributed by atoms with van der Waals surface area (Å²) >= 11 is 5.87. The van der Waals surface area contributed by atoms with Crippen LogP contribution in [-0.4, -0.2) is 48.4 Å². The van der Waals surface area contributed by atoms with Crippen molar-refractivity contribution in [3.63, 3.8) is 0 Å². The molecule has 2 aromatic rings. The molecule has 0 atom stereocenters. The van der Waals surface area contributed by atoms with Crippen molar-refractivity contribution in [1.82, 2.24) is 0 Å². The van der Waals surface area contributed by atoms with Gasteiger partial charge in [0, 0.05) is 5.56 Å². The third kappa shape index (κ3) is 5.77. The van der Waals surface area contributed by atoms with Crippen LogP contribution in [0.3, 0.4) is 0 Å². The highest BCUT2D eigenvalue weighted by molar-refractivity contribution is 6.32. The molecule has 0 radical (unpaired) electrons. The highest BCUT2D eigenvalue weighted by Crippen LogP contribution is 2.31. The van der Waals surface area contributed by atoms with Gasteiger partial charge in [-0.1, -0.05) is 17.7 Å². The summed E-state index contributed by atoms with van der Waals surface area (Å²) in [4.78, 5) is 23.3. The van der Waals surface area contributed by atoms with E-state index in [-0.39, 0.29) is 35.0 Å². The minimum atomic E-state index is -0.786. The van der Waals surface area contributed by atoms with Crippen LogP contribution in [0.5, 0.6) is 17.2 Å². The summed E-state index contributed by atoms with van der Waals surface area (Å²) < 4.78 is 16.6. The Kier molecular flexibility index (Phi) is 7.55. The molecule has 0 amide bonds. The number of rotatable bonds is 10. The number of carbonyl (C=O) groups excluding carboxylic acids is 1. The number of carboxylic acids is 1. The fourth-order valence-corrected chi connectivity index (χ4v) is 3.33. The van der Waals surface area contributed by atoms with Crippen LogP contribution >= 0.6 is 11.6 Å². The Hall–Kier alpha value is -3.03. The molecule has 1 aliphatic carbocycles. The second kappa shape index (κ2) is 10.3. The first-order valence-corrected chi connectivity index (χ1v) is 10.1. The number of methoxy groups -OCH3 is 1. The van der Waals surface area contributed by atoms with Crippen molar-refractivity contribution in [2.45, 2.75) is 18.9 Å². The van der Waals surface area contributed by atoms with E-state index in [9.17, 15) is 14.7 Å². The molecular formula is C23H23ClO7. The number of para-hydroxylation sites is 1. The third-order valence-corrected chi connectivity index (χ3v) is 5.33. The molecule has 0 saturated heterocycles. The summed E-state index contributed by atoms with van der Waals surface area (Å²) in [6.07, 6.45) is 3.88.